The fourth-order valence-corrected chi connectivity index (χ4v) is 2.99. The van der Waals surface area contributed by atoms with E-state index in [0.29, 0.717) is 0 Å². The predicted octanol–water partition coefficient (Wildman–Crippen LogP) is 5.36. The summed E-state index contributed by atoms with van der Waals surface area (Å²) < 4.78 is 50.5. The van der Waals surface area contributed by atoms with Crippen LogP contribution in [0.2, 0.25) is 15.1 Å². The van der Waals surface area contributed by atoms with Crippen LogP contribution in [-0.4, -0.2) is 30.1 Å². The molecule has 0 aliphatic carbocycles. The average molecular weight is 460 g/mol. The Bertz CT molecular complexity index is 916. The van der Waals surface area contributed by atoms with E-state index in [0.717, 1.165) is 25.3 Å². The molecule has 0 amide bonds. The molecule has 0 bridgehead atoms. The van der Waals surface area contributed by atoms with Crippen LogP contribution in [-0.2, 0) is 10.3 Å². The Morgan fingerprint density at radius 2 is 1.68 bits per heavy atom. The Morgan fingerprint density at radius 3 is 2.14 bits per heavy atom. The molecule has 11 heteroatoms. The lowest BCUT2D eigenvalue weighted by atomic mass is 9.87. The molecule has 0 saturated carbocycles. The summed E-state index contributed by atoms with van der Waals surface area (Å²) in [5.74, 6) is -3.00. The van der Waals surface area contributed by atoms with Crippen molar-refractivity contribution in [1.82, 2.24) is 0 Å². The summed E-state index contributed by atoms with van der Waals surface area (Å²) in [4.78, 5) is 23.9. The van der Waals surface area contributed by atoms with Gasteiger partial charge in [0.25, 0.3) is 0 Å². The van der Waals surface area contributed by atoms with Gasteiger partial charge in [0, 0.05) is 5.56 Å². The minimum atomic E-state index is -5.27. The van der Waals surface area contributed by atoms with Crippen LogP contribution in [0, 0.1) is 6.92 Å². The van der Waals surface area contributed by atoms with Gasteiger partial charge in [0.1, 0.15) is 0 Å². The molecule has 0 saturated heterocycles. The first-order valence-corrected chi connectivity index (χ1v) is 8.61. The van der Waals surface area contributed by atoms with Crippen LogP contribution < -0.4 is 0 Å². The van der Waals surface area contributed by atoms with E-state index in [1.807, 2.05) is 0 Å². The number of carbonyl (C=O) groups excluding carboxylic acids is 2. The second kappa shape index (κ2) is 7.94. The average Bonchev–Trinajstić information content (AvgIpc) is 2.99. The van der Waals surface area contributed by atoms with Gasteiger partial charge in [-0.1, -0.05) is 34.8 Å². The van der Waals surface area contributed by atoms with Crippen molar-refractivity contribution in [1.29, 1.82) is 0 Å². The molecule has 0 aliphatic heterocycles. The summed E-state index contributed by atoms with van der Waals surface area (Å²) in [5.41, 5.74) is -4.22. The summed E-state index contributed by atoms with van der Waals surface area (Å²) in [6.45, 7) is 1.40. The summed E-state index contributed by atoms with van der Waals surface area (Å²) in [6.07, 6.45) is -6.71. The number of ether oxygens (including phenoxy) is 1. The van der Waals surface area contributed by atoms with Crippen LogP contribution in [0.1, 0.15) is 38.7 Å². The lowest BCUT2D eigenvalue weighted by molar-refractivity contribution is -0.264. The minimum Gasteiger partial charge on any atom is -0.463 e. The summed E-state index contributed by atoms with van der Waals surface area (Å²) in [6, 6.07) is 2.61. The Hall–Kier alpha value is -1.74. The molecule has 2 aromatic rings. The van der Waals surface area contributed by atoms with Crippen LogP contribution in [0.25, 0.3) is 0 Å². The number of carbonyl (C=O) groups is 2. The van der Waals surface area contributed by atoms with Crippen LogP contribution in [0.4, 0.5) is 13.2 Å². The molecule has 2 rings (SSSR count). The molecule has 0 radical (unpaired) electrons. The third-order valence-corrected chi connectivity index (χ3v) is 5.11. The van der Waals surface area contributed by atoms with E-state index in [4.69, 9.17) is 39.2 Å². The smallest absolute Gasteiger partial charge is 0.421 e. The van der Waals surface area contributed by atoms with Crippen molar-refractivity contribution in [2.24, 2.45) is 0 Å². The third kappa shape index (κ3) is 4.15. The molecule has 5 nitrogen and oxygen atoms in total. The molecule has 1 unspecified atom stereocenters. The standard InChI is InChI=1S/C17H12Cl3F3O5/c1-7-3-12(28-14(7)15(25)27-2)11(24)6-16(26,17(21,22)23)8-4-9(18)13(20)10(19)5-8/h3-5,26H,6H2,1-2H3. The van der Waals surface area contributed by atoms with Crippen LogP contribution in [0.5, 0.6) is 0 Å². The maximum Gasteiger partial charge on any atom is 0.421 e. The summed E-state index contributed by atoms with van der Waals surface area (Å²) in [5, 5.41) is 9.52. The number of aryl methyl sites for hydroxylation is 1. The van der Waals surface area contributed by atoms with Gasteiger partial charge in [-0.2, -0.15) is 13.2 Å². The van der Waals surface area contributed by atoms with Crippen LogP contribution in [0.15, 0.2) is 22.6 Å². The fourth-order valence-electron chi connectivity index (χ4n) is 2.39. The van der Waals surface area contributed by atoms with Crippen molar-refractivity contribution in [2.75, 3.05) is 7.11 Å². The molecule has 1 N–H and O–H groups in total. The zero-order chi connectivity index (χ0) is 21.4. The zero-order valence-corrected chi connectivity index (χ0v) is 16.6. The molecule has 28 heavy (non-hydrogen) atoms. The molecule has 0 fully saturated rings. The number of furan rings is 1. The number of alkyl halides is 3. The zero-order valence-electron chi connectivity index (χ0n) is 14.3. The molecule has 1 aromatic carbocycles. The van der Waals surface area contributed by atoms with E-state index in [1.54, 1.807) is 0 Å². The summed E-state index contributed by atoms with van der Waals surface area (Å²) in [7, 11) is 1.07. The molecular formula is C17H12Cl3F3O5. The highest BCUT2D eigenvalue weighted by atomic mass is 35.5. The highest BCUT2D eigenvalue weighted by Crippen LogP contribution is 2.45. The topological polar surface area (TPSA) is 76.7 Å². The monoisotopic (exact) mass is 458 g/mol. The number of hydrogen-bond acceptors (Lipinski definition) is 5. The molecule has 152 valence electrons. The van der Waals surface area contributed by atoms with E-state index in [-0.39, 0.29) is 26.4 Å². The van der Waals surface area contributed by atoms with Gasteiger partial charge in [0.05, 0.1) is 28.6 Å². The number of rotatable bonds is 5. The maximum absolute atomic E-state index is 13.7. The van der Waals surface area contributed by atoms with E-state index in [1.165, 1.54) is 6.92 Å². The second-order valence-corrected chi connectivity index (χ2v) is 7.02. The number of esters is 1. The first-order valence-electron chi connectivity index (χ1n) is 7.48. The molecule has 1 atom stereocenters. The lowest BCUT2D eigenvalue weighted by Crippen LogP contribution is -2.44. The first-order chi connectivity index (χ1) is 12.8. The van der Waals surface area contributed by atoms with Crippen LogP contribution in [0.3, 0.4) is 0 Å². The molecule has 0 aliphatic rings. The van der Waals surface area contributed by atoms with Crippen molar-refractivity contribution in [3.05, 3.63) is 55.9 Å². The van der Waals surface area contributed by atoms with Crippen molar-refractivity contribution in [2.45, 2.75) is 25.1 Å². The van der Waals surface area contributed by atoms with E-state index >= 15 is 0 Å². The van der Waals surface area contributed by atoms with Crippen LogP contribution >= 0.6 is 34.8 Å². The number of aliphatic hydroxyl groups is 1. The first kappa shape index (κ1) is 22.5. The van der Waals surface area contributed by atoms with E-state index in [2.05, 4.69) is 4.74 Å². The molecule has 1 heterocycles. The highest BCUT2D eigenvalue weighted by molar-refractivity contribution is 6.48. The quantitative estimate of drug-likeness (QED) is 0.370. The number of ketones is 1. The van der Waals surface area contributed by atoms with Gasteiger partial charge in [-0.25, -0.2) is 4.79 Å². The van der Waals surface area contributed by atoms with Crippen molar-refractivity contribution >= 4 is 46.6 Å². The third-order valence-electron chi connectivity index (χ3n) is 3.91. The van der Waals surface area contributed by atoms with Gasteiger partial charge >= 0.3 is 12.1 Å². The van der Waals surface area contributed by atoms with Gasteiger partial charge in [0.2, 0.25) is 11.5 Å². The second-order valence-electron chi connectivity index (χ2n) is 5.83. The number of Topliss-reactive ketones (excluding diaryl/α,β-unsaturated/α-hetero) is 1. The van der Waals surface area contributed by atoms with E-state index in [9.17, 15) is 27.9 Å². The molecule has 0 spiro atoms. The van der Waals surface area contributed by atoms with Gasteiger partial charge in [-0.3, -0.25) is 4.79 Å². The SMILES string of the molecule is COC(=O)c1oc(C(=O)CC(O)(c2cc(Cl)c(Cl)c(Cl)c2)C(F)(F)F)cc1C. The van der Waals surface area contributed by atoms with Gasteiger partial charge in [0.15, 0.2) is 11.4 Å². The normalized spacial score (nSPS) is 13.9. The Balaban J connectivity index is 2.48. The van der Waals surface area contributed by atoms with Crippen molar-refractivity contribution < 1.29 is 37.0 Å². The highest BCUT2D eigenvalue weighted by Gasteiger charge is 2.56. The number of halogens is 6. The Morgan fingerprint density at radius 1 is 1.14 bits per heavy atom. The van der Waals surface area contributed by atoms with Crippen molar-refractivity contribution in [3.63, 3.8) is 0 Å². The van der Waals surface area contributed by atoms with Gasteiger partial charge in [-0.15, -0.1) is 0 Å². The number of hydrogen-bond donors (Lipinski definition) is 1. The largest absolute Gasteiger partial charge is 0.463 e. The van der Waals surface area contributed by atoms with Gasteiger partial charge in [-0.05, 0) is 30.7 Å². The lowest BCUT2D eigenvalue weighted by Gasteiger charge is -2.30. The Kier molecular flexibility index (Phi) is 6.40. The van der Waals surface area contributed by atoms with Gasteiger partial charge < -0.3 is 14.3 Å². The van der Waals surface area contributed by atoms with E-state index < -0.39 is 41.3 Å². The number of methoxy groups -OCH3 is 1. The minimum absolute atomic E-state index is 0.184. The van der Waals surface area contributed by atoms with Crippen molar-refractivity contribution in [3.8, 4) is 0 Å². The number of benzene rings is 1. The maximum atomic E-state index is 13.7. The molecule has 1 aromatic heterocycles. The Labute approximate surface area is 171 Å². The summed E-state index contributed by atoms with van der Waals surface area (Å²) >= 11 is 17.2. The fraction of sp³-hybridized carbons (Fsp3) is 0.294. The predicted molar refractivity (Wildman–Crippen MR) is 95.2 cm³/mol. The molecular weight excluding hydrogens is 448 g/mol.